The summed E-state index contributed by atoms with van der Waals surface area (Å²) < 4.78 is 0. The first-order chi connectivity index (χ1) is 6.54. The molecule has 0 amide bonds. The van der Waals surface area contributed by atoms with Gasteiger partial charge in [0.25, 0.3) is 0 Å². The molecule has 1 aliphatic rings. The van der Waals surface area contributed by atoms with Crippen molar-refractivity contribution >= 4 is 0 Å². The molecule has 0 radical (unpaired) electrons. The van der Waals surface area contributed by atoms with Crippen LogP contribution in [0.15, 0.2) is 0 Å². The molecular weight excluding hydrogens is 178 g/mol. The van der Waals surface area contributed by atoms with Crippen molar-refractivity contribution in [2.75, 3.05) is 13.2 Å². The van der Waals surface area contributed by atoms with Crippen LogP contribution in [0, 0.1) is 5.92 Å². The largest absolute Gasteiger partial charge is 0.394 e. The van der Waals surface area contributed by atoms with E-state index in [1.54, 1.807) is 0 Å². The van der Waals surface area contributed by atoms with Gasteiger partial charge in [-0.15, -0.1) is 0 Å². The van der Waals surface area contributed by atoms with E-state index in [0.717, 1.165) is 5.92 Å². The Labute approximate surface area is 86.7 Å². The summed E-state index contributed by atoms with van der Waals surface area (Å²) in [4.78, 5) is 2.31. The highest BCUT2D eigenvalue weighted by Crippen LogP contribution is 2.27. The summed E-state index contributed by atoms with van der Waals surface area (Å²) in [5, 5.41) is 18.2. The average molecular weight is 201 g/mol. The first-order valence-corrected chi connectivity index (χ1v) is 5.59. The van der Waals surface area contributed by atoms with Gasteiger partial charge in [-0.05, 0) is 32.6 Å². The molecule has 84 valence electrons. The number of hydrogen-bond donors (Lipinski definition) is 2. The molecule has 1 fully saturated rings. The van der Waals surface area contributed by atoms with Crippen LogP contribution >= 0.6 is 0 Å². The Kier molecular flexibility index (Phi) is 4.35. The van der Waals surface area contributed by atoms with Crippen molar-refractivity contribution in [2.45, 2.75) is 51.8 Å². The Bertz CT molecular complexity index is 163. The quantitative estimate of drug-likeness (QED) is 0.711. The van der Waals surface area contributed by atoms with Crippen molar-refractivity contribution in [2.24, 2.45) is 5.92 Å². The Morgan fingerprint density at radius 2 is 1.71 bits per heavy atom. The molecule has 3 nitrogen and oxygen atoms in total. The number of nitrogens with zero attached hydrogens (tertiary/aromatic N) is 1. The molecule has 1 saturated heterocycles. The highest BCUT2D eigenvalue weighted by atomic mass is 16.3. The van der Waals surface area contributed by atoms with Crippen LogP contribution in [-0.4, -0.2) is 46.5 Å². The van der Waals surface area contributed by atoms with E-state index >= 15 is 0 Å². The molecule has 0 aliphatic carbocycles. The summed E-state index contributed by atoms with van der Waals surface area (Å²) in [7, 11) is 0. The third-order valence-corrected chi connectivity index (χ3v) is 3.25. The van der Waals surface area contributed by atoms with Gasteiger partial charge in [0.05, 0.1) is 12.7 Å². The van der Waals surface area contributed by atoms with Gasteiger partial charge in [0.1, 0.15) is 0 Å². The van der Waals surface area contributed by atoms with Gasteiger partial charge in [0.15, 0.2) is 0 Å². The highest BCUT2D eigenvalue weighted by Gasteiger charge is 2.29. The molecule has 0 bridgehead atoms. The van der Waals surface area contributed by atoms with Crippen LogP contribution in [0.3, 0.4) is 0 Å². The lowest BCUT2D eigenvalue weighted by Gasteiger charge is -2.42. The molecule has 0 aromatic rings. The fourth-order valence-electron chi connectivity index (χ4n) is 2.63. The fourth-order valence-corrected chi connectivity index (χ4v) is 2.63. The maximum atomic E-state index is 9.42. The number of likely N-dealkylation sites (tertiary alicyclic amines) is 1. The van der Waals surface area contributed by atoms with E-state index in [1.165, 1.54) is 12.8 Å². The van der Waals surface area contributed by atoms with Crippen LogP contribution in [0.2, 0.25) is 0 Å². The molecular formula is C11H23NO2. The Morgan fingerprint density at radius 1 is 1.21 bits per heavy atom. The molecule has 2 N–H and O–H groups in total. The van der Waals surface area contributed by atoms with Gasteiger partial charge in [-0.3, -0.25) is 4.90 Å². The number of hydrogen-bond acceptors (Lipinski definition) is 3. The van der Waals surface area contributed by atoms with Crippen molar-refractivity contribution < 1.29 is 10.2 Å². The van der Waals surface area contributed by atoms with E-state index in [9.17, 15) is 5.11 Å². The second kappa shape index (κ2) is 5.10. The van der Waals surface area contributed by atoms with Crippen LogP contribution in [0.25, 0.3) is 0 Å². The van der Waals surface area contributed by atoms with Crippen LogP contribution < -0.4 is 0 Å². The van der Waals surface area contributed by atoms with Crippen molar-refractivity contribution in [3.8, 4) is 0 Å². The minimum Gasteiger partial charge on any atom is -0.394 e. The third-order valence-electron chi connectivity index (χ3n) is 3.25. The summed E-state index contributed by atoms with van der Waals surface area (Å²) in [6, 6.07) is 1.05. The van der Waals surface area contributed by atoms with E-state index < -0.39 is 6.10 Å². The minimum atomic E-state index is -0.590. The lowest BCUT2D eigenvalue weighted by atomic mass is 9.88. The monoisotopic (exact) mass is 201 g/mol. The van der Waals surface area contributed by atoms with Gasteiger partial charge in [0, 0.05) is 18.6 Å². The Balaban J connectivity index is 2.49. The number of aliphatic hydroxyl groups excluding tert-OH is 2. The lowest BCUT2D eigenvalue weighted by molar-refractivity contribution is 0.00512. The molecule has 3 unspecified atom stereocenters. The fraction of sp³-hybridized carbons (Fsp3) is 1.00. The lowest BCUT2D eigenvalue weighted by Crippen LogP contribution is -2.49. The van der Waals surface area contributed by atoms with Crippen molar-refractivity contribution in [3.05, 3.63) is 0 Å². The maximum Gasteiger partial charge on any atom is 0.0897 e. The zero-order valence-corrected chi connectivity index (χ0v) is 9.48. The third kappa shape index (κ3) is 2.94. The van der Waals surface area contributed by atoms with E-state index in [0.29, 0.717) is 18.6 Å². The SMILES string of the molecule is CC1CC(C)N(CC(O)CO)C(C)C1. The van der Waals surface area contributed by atoms with Gasteiger partial charge < -0.3 is 10.2 Å². The summed E-state index contributed by atoms with van der Waals surface area (Å²) in [5.41, 5.74) is 0. The summed E-state index contributed by atoms with van der Waals surface area (Å²) in [5.74, 6) is 0.780. The Morgan fingerprint density at radius 3 is 2.14 bits per heavy atom. The molecule has 3 atom stereocenters. The topological polar surface area (TPSA) is 43.7 Å². The summed E-state index contributed by atoms with van der Waals surface area (Å²) in [6.07, 6.45) is 1.80. The van der Waals surface area contributed by atoms with Crippen LogP contribution in [0.1, 0.15) is 33.6 Å². The zero-order chi connectivity index (χ0) is 10.7. The van der Waals surface area contributed by atoms with E-state index in [1.807, 2.05) is 0 Å². The molecule has 1 rings (SSSR count). The van der Waals surface area contributed by atoms with E-state index in [-0.39, 0.29) is 6.61 Å². The maximum absolute atomic E-state index is 9.42. The number of piperidine rings is 1. The molecule has 3 heteroatoms. The second-order valence-corrected chi connectivity index (χ2v) is 4.81. The predicted octanol–water partition coefficient (Wildman–Crippen LogP) is 0.848. The summed E-state index contributed by atoms with van der Waals surface area (Å²) in [6.45, 7) is 7.16. The standard InChI is InChI=1S/C11H23NO2/c1-8-4-9(2)12(10(3)5-8)6-11(14)7-13/h8-11,13-14H,4-7H2,1-3H3. The summed E-state index contributed by atoms with van der Waals surface area (Å²) >= 11 is 0. The second-order valence-electron chi connectivity index (χ2n) is 4.81. The van der Waals surface area contributed by atoms with E-state index in [2.05, 4.69) is 25.7 Å². The number of β-amino-alcohol motifs (C(OH)–C–C–N with tert-alkyl or cyclic N) is 1. The molecule has 14 heavy (non-hydrogen) atoms. The van der Waals surface area contributed by atoms with Gasteiger partial charge >= 0.3 is 0 Å². The predicted molar refractivity (Wildman–Crippen MR) is 57.1 cm³/mol. The van der Waals surface area contributed by atoms with Gasteiger partial charge in [-0.1, -0.05) is 6.92 Å². The van der Waals surface area contributed by atoms with Crippen LogP contribution in [-0.2, 0) is 0 Å². The first-order valence-electron chi connectivity index (χ1n) is 5.59. The van der Waals surface area contributed by atoms with Gasteiger partial charge in [-0.25, -0.2) is 0 Å². The molecule has 0 aromatic heterocycles. The average Bonchev–Trinajstić information content (AvgIpc) is 2.10. The Hall–Kier alpha value is -0.120. The zero-order valence-electron chi connectivity index (χ0n) is 9.48. The van der Waals surface area contributed by atoms with Crippen LogP contribution in [0.4, 0.5) is 0 Å². The highest BCUT2D eigenvalue weighted by molar-refractivity contribution is 4.84. The number of rotatable bonds is 3. The van der Waals surface area contributed by atoms with Gasteiger partial charge in [-0.2, -0.15) is 0 Å². The minimum absolute atomic E-state index is 0.133. The van der Waals surface area contributed by atoms with Crippen molar-refractivity contribution in [1.82, 2.24) is 4.90 Å². The van der Waals surface area contributed by atoms with Gasteiger partial charge in [0.2, 0.25) is 0 Å². The molecule has 1 aliphatic heterocycles. The smallest absolute Gasteiger partial charge is 0.0897 e. The van der Waals surface area contributed by atoms with E-state index in [4.69, 9.17) is 5.11 Å². The van der Waals surface area contributed by atoms with Crippen molar-refractivity contribution in [1.29, 1.82) is 0 Å². The first kappa shape index (κ1) is 12.0. The molecule has 1 heterocycles. The molecule has 0 spiro atoms. The number of aliphatic hydroxyl groups is 2. The normalized spacial score (nSPS) is 37.1. The van der Waals surface area contributed by atoms with Crippen LogP contribution in [0.5, 0.6) is 0 Å². The van der Waals surface area contributed by atoms with Crippen molar-refractivity contribution in [3.63, 3.8) is 0 Å². The molecule has 0 saturated carbocycles. The molecule has 0 aromatic carbocycles.